The second-order valence-electron chi connectivity index (χ2n) is 10.5. The van der Waals surface area contributed by atoms with Crippen LogP contribution in [-0.2, 0) is 0 Å². The first kappa shape index (κ1) is 18.6. The number of rotatable bonds is 3. The molecule has 0 nitrogen and oxygen atoms in total. The number of allylic oxidation sites excluding steroid dienone is 4. The Bertz CT molecular complexity index is 636. The van der Waals surface area contributed by atoms with E-state index in [1.54, 1.807) is 11.1 Å². The van der Waals surface area contributed by atoms with Crippen LogP contribution < -0.4 is 0 Å². The summed E-state index contributed by atoms with van der Waals surface area (Å²) in [6.07, 6.45) is 15.0. The third kappa shape index (κ3) is 2.33. The highest BCUT2D eigenvalue weighted by atomic mass is 14.7. The Morgan fingerprint density at radius 2 is 2.08 bits per heavy atom. The van der Waals surface area contributed by atoms with Gasteiger partial charge in [0.1, 0.15) is 0 Å². The van der Waals surface area contributed by atoms with Crippen LogP contribution in [-0.4, -0.2) is 0 Å². The molecule has 4 aliphatic rings. The van der Waals surface area contributed by atoms with Crippen LogP contribution in [0.1, 0.15) is 85.5 Å². The molecule has 0 heteroatoms. The molecule has 0 aromatic heterocycles. The highest BCUT2D eigenvalue weighted by Crippen LogP contribution is 2.72. The zero-order valence-electron chi connectivity index (χ0n) is 17.7. The molecule has 3 fully saturated rings. The highest BCUT2D eigenvalue weighted by molar-refractivity contribution is 5.29. The predicted molar refractivity (Wildman–Crippen MR) is 113 cm³/mol. The molecule has 4 rings (SSSR count). The van der Waals surface area contributed by atoms with Gasteiger partial charge in [0.05, 0.1) is 0 Å². The molecule has 0 amide bonds. The van der Waals surface area contributed by atoms with Gasteiger partial charge in [-0.2, -0.15) is 0 Å². The molecule has 0 aliphatic heterocycles. The summed E-state index contributed by atoms with van der Waals surface area (Å²) in [4.78, 5) is 0. The van der Waals surface area contributed by atoms with Crippen molar-refractivity contribution in [3.05, 3.63) is 36.0 Å². The van der Waals surface area contributed by atoms with Gasteiger partial charge in [-0.15, -0.1) is 0 Å². The number of fused-ring (bicyclic) bond motifs is 5. The Balaban J connectivity index is 1.73. The lowest BCUT2D eigenvalue weighted by Gasteiger charge is -2.60. The average Bonchev–Trinajstić information content (AvgIpc) is 2.94. The van der Waals surface area contributed by atoms with Crippen molar-refractivity contribution in [2.75, 3.05) is 0 Å². The van der Waals surface area contributed by atoms with Crippen LogP contribution in [0.15, 0.2) is 36.0 Å². The molecule has 0 spiro atoms. The summed E-state index contributed by atoms with van der Waals surface area (Å²) in [5, 5.41) is 0. The second-order valence-corrected chi connectivity index (χ2v) is 10.5. The Morgan fingerprint density at radius 1 is 1.31 bits per heavy atom. The van der Waals surface area contributed by atoms with Gasteiger partial charge in [0.15, 0.2) is 0 Å². The Kier molecular flexibility index (Phi) is 4.56. The SMILES string of the molecule is C=C1CC2(CC)C(CCC2(C)C(C)C(=C)C)C2CCC3=CCCCC3C12. The molecular formula is C26H40. The van der Waals surface area contributed by atoms with Crippen LogP contribution in [0.5, 0.6) is 0 Å². The third-order valence-electron chi connectivity index (χ3n) is 9.94. The summed E-state index contributed by atoms with van der Waals surface area (Å²) in [5.74, 6) is 4.07. The fraction of sp³-hybridized carbons (Fsp3) is 0.769. The summed E-state index contributed by atoms with van der Waals surface area (Å²) in [6, 6.07) is 0. The van der Waals surface area contributed by atoms with Gasteiger partial charge in [0.25, 0.3) is 0 Å². The van der Waals surface area contributed by atoms with Gasteiger partial charge < -0.3 is 0 Å². The van der Waals surface area contributed by atoms with Crippen molar-refractivity contribution in [3.63, 3.8) is 0 Å². The lowest BCUT2D eigenvalue weighted by atomic mass is 9.45. The van der Waals surface area contributed by atoms with E-state index in [2.05, 4.69) is 40.3 Å². The van der Waals surface area contributed by atoms with Gasteiger partial charge in [0, 0.05) is 0 Å². The minimum atomic E-state index is 0.398. The second kappa shape index (κ2) is 6.39. The van der Waals surface area contributed by atoms with E-state index in [9.17, 15) is 0 Å². The molecule has 0 bridgehead atoms. The van der Waals surface area contributed by atoms with Crippen LogP contribution >= 0.6 is 0 Å². The first-order valence-electron chi connectivity index (χ1n) is 11.4. The first-order chi connectivity index (χ1) is 12.4. The fourth-order valence-corrected chi connectivity index (χ4v) is 8.38. The van der Waals surface area contributed by atoms with Crippen LogP contribution in [0, 0.1) is 40.4 Å². The fourth-order valence-electron chi connectivity index (χ4n) is 8.38. The van der Waals surface area contributed by atoms with Crippen molar-refractivity contribution in [2.45, 2.75) is 85.5 Å². The van der Waals surface area contributed by atoms with Crippen molar-refractivity contribution in [3.8, 4) is 0 Å². The van der Waals surface area contributed by atoms with Crippen LogP contribution in [0.2, 0.25) is 0 Å². The molecule has 26 heavy (non-hydrogen) atoms. The zero-order chi connectivity index (χ0) is 18.7. The van der Waals surface area contributed by atoms with E-state index >= 15 is 0 Å². The van der Waals surface area contributed by atoms with Gasteiger partial charge in [-0.1, -0.05) is 56.7 Å². The van der Waals surface area contributed by atoms with E-state index in [1.807, 2.05) is 0 Å². The lowest BCUT2D eigenvalue weighted by Crippen LogP contribution is -2.52. The molecule has 7 atom stereocenters. The van der Waals surface area contributed by atoms with Crippen LogP contribution in [0.25, 0.3) is 0 Å². The zero-order valence-corrected chi connectivity index (χ0v) is 17.7. The van der Waals surface area contributed by atoms with Crippen molar-refractivity contribution in [2.24, 2.45) is 40.4 Å². The van der Waals surface area contributed by atoms with Gasteiger partial charge in [0.2, 0.25) is 0 Å². The monoisotopic (exact) mass is 352 g/mol. The Morgan fingerprint density at radius 3 is 2.77 bits per heavy atom. The average molecular weight is 353 g/mol. The maximum absolute atomic E-state index is 4.76. The summed E-state index contributed by atoms with van der Waals surface area (Å²) in [7, 11) is 0. The molecule has 3 saturated carbocycles. The number of hydrogen-bond donors (Lipinski definition) is 0. The minimum Gasteiger partial charge on any atom is -0.0999 e. The normalized spacial score (nSPS) is 46.0. The van der Waals surface area contributed by atoms with E-state index in [0.717, 1.165) is 23.7 Å². The molecule has 144 valence electrons. The van der Waals surface area contributed by atoms with Gasteiger partial charge >= 0.3 is 0 Å². The summed E-state index contributed by atoms with van der Waals surface area (Å²) in [5.41, 5.74) is 5.66. The first-order valence-corrected chi connectivity index (χ1v) is 11.4. The van der Waals surface area contributed by atoms with E-state index in [-0.39, 0.29) is 0 Å². The maximum atomic E-state index is 4.76. The third-order valence-corrected chi connectivity index (χ3v) is 9.94. The topological polar surface area (TPSA) is 0 Å². The minimum absolute atomic E-state index is 0.398. The van der Waals surface area contributed by atoms with Crippen molar-refractivity contribution in [1.29, 1.82) is 0 Å². The molecule has 0 N–H and O–H groups in total. The summed E-state index contributed by atoms with van der Waals surface area (Å²) in [6.45, 7) is 18.9. The number of hydrogen-bond acceptors (Lipinski definition) is 0. The lowest BCUT2D eigenvalue weighted by molar-refractivity contribution is -0.0569. The van der Waals surface area contributed by atoms with Crippen molar-refractivity contribution in [1.82, 2.24) is 0 Å². The molecule has 0 aromatic rings. The van der Waals surface area contributed by atoms with Crippen LogP contribution in [0.3, 0.4) is 0 Å². The van der Waals surface area contributed by atoms with E-state index in [1.165, 1.54) is 63.4 Å². The molecule has 0 saturated heterocycles. The Hall–Kier alpha value is -0.780. The summed E-state index contributed by atoms with van der Waals surface area (Å²) >= 11 is 0. The van der Waals surface area contributed by atoms with Gasteiger partial charge in [-0.3, -0.25) is 0 Å². The molecular weight excluding hydrogens is 312 g/mol. The van der Waals surface area contributed by atoms with Gasteiger partial charge in [-0.25, -0.2) is 0 Å². The molecule has 4 aliphatic carbocycles. The summed E-state index contributed by atoms with van der Waals surface area (Å²) < 4.78 is 0. The predicted octanol–water partition coefficient (Wildman–Crippen LogP) is 7.72. The van der Waals surface area contributed by atoms with Gasteiger partial charge in [-0.05, 0) is 105 Å². The van der Waals surface area contributed by atoms with E-state index < -0.39 is 0 Å². The standard InChI is InChI=1S/C26H40/c1-7-26-16-18(4)24-21-11-9-8-10-20(21)12-13-22(24)23(26)14-15-25(26,6)19(5)17(2)3/h10,19,21-24H,2,4,7-9,11-16H2,1,3,5-6H3. The molecule has 0 aromatic carbocycles. The molecule has 0 radical (unpaired) electrons. The van der Waals surface area contributed by atoms with Crippen molar-refractivity contribution < 1.29 is 0 Å². The quantitative estimate of drug-likeness (QED) is 0.456. The van der Waals surface area contributed by atoms with Crippen LogP contribution in [0.4, 0.5) is 0 Å². The molecule has 7 unspecified atom stereocenters. The highest BCUT2D eigenvalue weighted by Gasteiger charge is 2.64. The van der Waals surface area contributed by atoms with Crippen molar-refractivity contribution >= 4 is 0 Å². The smallest absolute Gasteiger partial charge is 0.0109 e. The molecule has 0 heterocycles. The van der Waals surface area contributed by atoms with E-state index in [4.69, 9.17) is 6.58 Å². The largest absolute Gasteiger partial charge is 0.0999 e. The van der Waals surface area contributed by atoms with E-state index in [0.29, 0.717) is 16.7 Å². The Labute approximate surface area is 162 Å². The maximum Gasteiger partial charge on any atom is -0.0109 e.